The summed E-state index contributed by atoms with van der Waals surface area (Å²) in [4.78, 5) is 13.1. The van der Waals surface area contributed by atoms with Crippen LogP contribution in [0.4, 0.5) is 4.39 Å². The van der Waals surface area contributed by atoms with Crippen molar-refractivity contribution in [3.05, 3.63) is 89.3 Å². The molecule has 5 rings (SSSR count). The van der Waals surface area contributed by atoms with Crippen LogP contribution in [-0.4, -0.2) is 35.9 Å². The molecule has 2 heterocycles. The average molecular weight is 446 g/mol. The van der Waals surface area contributed by atoms with Gasteiger partial charge < -0.3 is 5.32 Å². The minimum Gasteiger partial charge on any atom is -0.345 e. The molecule has 0 saturated carbocycles. The zero-order valence-electron chi connectivity index (χ0n) is 18.4. The van der Waals surface area contributed by atoms with Gasteiger partial charge in [-0.15, -0.1) is 5.10 Å². The third-order valence-corrected chi connectivity index (χ3v) is 6.01. The summed E-state index contributed by atoms with van der Waals surface area (Å²) in [7, 11) is 0. The number of aromatic nitrogens is 6. The standard InChI is InChI=1S/C24H24FN7O/c1-24(2)11-21(20-13-27-32(22(20)12-24)19-9-7-18(25)8-10-19)28-23(33)17-5-3-16(4-6-17)14-31-15-26-29-30-31/h3-10,13,15,21H,11-12,14H2,1-2H3,(H,28,33). The molecule has 0 radical (unpaired) electrons. The SMILES string of the molecule is CC1(C)Cc2c(cnn2-c2ccc(F)cc2)C(NC(=O)c2ccc(Cn3cnnn3)cc2)C1. The van der Waals surface area contributed by atoms with E-state index in [1.807, 2.05) is 35.1 Å². The van der Waals surface area contributed by atoms with Crippen LogP contribution < -0.4 is 5.32 Å². The first-order valence-electron chi connectivity index (χ1n) is 10.8. The van der Waals surface area contributed by atoms with E-state index in [0.29, 0.717) is 12.1 Å². The summed E-state index contributed by atoms with van der Waals surface area (Å²) in [6.45, 7) is 4.91. The van der Waals surface area contributed by atoms with E-state index in [4.69, 9.17) is 0 Å². The van der Waals surface area contributed by atoms with Crippen LogP contribution >= 0.6 is 0 Å². The molecule has 0 spiro atoms. The fraction of sp³-hybridized carbons (Fsp3) is 0.292. The first-order chi connectivity index (χ1) is 15.9. The number of carbonyl (C=O) groups is 1. The fourth-order valence-corrected chi connectivity index (χ4v) is 4.42. The molecule has 1 amide bonds. The van der Waals surface area contributed by atoms with E-state index >= 15 is 0 Å². The van der Waals surface area contributed by atoms with Crippen molar-refractivity contribution in [1.82, 2.24) is 35.3 Å². The van der Waals surface area contributed by atoms with Crippen LogP contribution in [0, 0.1) is 11.2 Å². The Morgan fingerprint density at radius 3 is 2.61 bits per heavy atom. The number of hydrogen-bond donors (Lipinski definition) is 1. The predicted octanol–water partition coefficient (Wildman–Crippen LogP) is 3.49. The summed E-state index contributed by atoms with van der Waals surface area (Å²) in [6.07, 6.45) is 4.99. The predicted molar refractivity (Wildman–Crippen MR) is 119 cm³/mol. The van der Waals surface area contributed by atoms with Crippen LogP contribution in [0.5, 0.6) is 0 Å². The lowest BCUT2D eigenvalue weighted by atomic mass is 9.74. The second-order valence-electron chi connectivity index (χ2n) is 9.21. The number of carbonyl (C=O) groups excluding carboxylic acids is 1. The van der Waals surface area contributed by atoms with Gasteiger partial charge in [0.1, 0.15) is 12.1 Å². The third-order valence-electron chi connectivity index (χ3n) is 6.01. The van der Waals surface area contributed by atoms with E-state index in [-0.39, 0.29) is 23.2 Å². The Morgan fingerprint density at radius 1 is 1.15 bits per heavy atom. The average Bonchev–Trinajstić information content (AvgIpc) is 3.44. The molecule has 9 heteroatoms. The van der Waals surface area contributed by atoms with E-state index in [1.165, 1.54) is 12.1 Å². The van der Waals surface area contributed by atoms with Crippen LogP contribution in [0.3, 0.4) is 0 Å². The van der Waals surface area contributed by atoms with Gasteiger partial charge in [0, 0.05) is 11.1 Å². The molecule has 2 aromatic heterocycles. The summed E-state index contributed by atoms with van der Waals surface area (Å²) in [6, 6.07) is 13.6. The molecular weight excluding hydrogens is 421 g/mol. The molecule has 33 heavy (non-hydrogen) atoms. The Balaban J connectivity index is 1.36. The van der Waals surface area contributed by atoms with Gasteiger partial charge in [-0.2, -0.15) is 5.10 Å². The van der Waals surface area contributed by atoms with Crippen molar-refractivity contribution in [3.63, 3.8) is 0 Å². The number of amides is 1. The van der Waals surface area contributed by atoms with Gasteiger partial charge in [0.05, 0.1) is 30.2 Å². The Labute approximate surface area is 190 Å². The number of rotatable bonds is 5. The van der Waals surface area contributed by atoms with Gasteiger partial charge in [-0.25, -0.2) is 13.8 Å². The van der Waals surface area contributed by atoms with Gasteiger partial charge in [-0.3, -0.25) is 4.79 Å². The van der Waals surface area contributed by atoms with Crippen molar-refractivity contribution in [2.45, 2.75) is 39.3 Å². The molecule has 2 aromatic carbocycles. The van der Waals surface area contributed by atoms with Gasteiger partial charge in [0.2, 0.25) is 0 Å². The maximum absolute atomic E-state index is 13.4. The Hall–Kier alpha value is -3.88. The monoisotopic (exact) mass is 445 g/mol. The number of fused-ring (bicyclic) bond motifs is 1. The van der Waals surface area contributed by atoms with Gasteiger partial charge in [-0.1, -0.05) is 26.0 Å². The highest BCUT2D eigenvalue weighted by molar-refractivity contribution is 5.94. The van der Waals surface area contributed by atoms with E-state index in [2.05, 4.69) is 39.8 Å². The van der Waals surface area contributed by atoms with E-state index in [9.17, 15) is 9.18 Å². The van der Waals surface area contributed by atoms with Crippen molar-refractivity contribution in [2.75, 3.05) is 0 Å². The van der Waals surface area contributed by atoms with Crippen molar-refractivity contribution >= 4 is 5.91 Å². The first kappa shape index (κ1) is 21.0. The fourth-order valence-electron chi connectivity index (χ4n) is 4.42. The highest BCUT2D eigenvalue weighted by atomic mass is 19.1. The second kappa shape index (κ2) is 8.23. The number of tetrazole rings is 1. The van der Waals surface area contributed by atoms with Crippen LogP contribution in [-0.2, 0) is 13.0 Å². The van der Waals surface area contributed by atoms with E-state index < -0.39 is 0 Å². The lowest BCUT2D eigenvalue weighted by Gasteiger charge is -2.36. The molecule has 1 aliphatic rings. The minimum absolute atomic E-state index is 0.0293. The number of hydrogen-bond acceptors (Lipinski definition) is 5. The van der Waals surface area contributed by atoms with Gasteiger partial charge in [0.15, 0.2) is 0 Å². The maximum atomic E-state index is 13.4. The van der Waals surface area contributed by atoms with Crippen LogP contribution in [0.1, 0.15) is 53.5 Å². The molecule has 1 aliphatic carbocycles. The Morgan fingerprint density at radius 2 is 1.91 bits per heavy atom. The van der Waals surface area contributed by atoms with Crippen molar-refractivity contribution in [2.24, 2.45) is 5.41 Å². The van der Waals surface area contributed by atoms with Gasteiger partial charge in [0.25, 0.3) is 5.91 Å². The van der Waals surface area contributed by atoms with Crippen molar-refractivity contribution in [1.29, 1.82) is 0 Å². The molecule has 0 aliphatic heterocycles. The summed E-state index contributed by atoms with van der Waals surface area (Å²) >= 11 is 0. The molecule has 1 N–H and O–H groups in total. The lowest BCUT2D eigenvalue weighted by Crippen LogP contribution is -2.36. The lowest BCUT2D eigenvalue weighted by molar-refractivity contribution is 0.0919. The third kappa shape index (κ3) is 4.39. The van der Waals surface area contributed by atoms with E-state index in [0.717, 1.165) is 35.3 Å². The molecule has 168 valence electrons. The highest BCUT2D eigenvalue weighted by Crippen LogP contribution is 2.41. The largest absolute Gasteiger partial charge is 0.345 e. The van der Waals surface area contributed by atoms with Crippen LogP contribution in [0.25, 0.3) is 5.69 Å². The number of halogens is 1. The molecule has 8 nitrogen and oxygen atoms in total. The van der Waals surface area contributed by atoms with Crippen molar-refractivity contribution < 1.29 is 9.18 Å². The molecule has 0 bridgehead atoms. The zero-order valence-corrected chi connectivity index (χ0v) is 18.4. The normalized spacial score (nSPS) is 16.9. The van der Waals surface area contributed by atoms with Crippen LogP contribution in [0.15, 0.2) is 61.1 Å². The zero-order chi connectivity index (χ0) is 23.0. The second-order valence-corrected chi connectivity index (χ2v) is 9.21. The molecule has 0 saturated heterocycles. The summed E-state index contributed by atoms with van der Waals surface area (Å²) < 4.78 is 16.9. The van der Waals surface area contributed by atoms with Gasteiger partial charge in [-0.05, 0) is 70.6 Å². The van der Waals surface area contributed by atoms with E-state index in [1.54, 1.807) is 23.1 Å². The smallest absolute Gasteiger partial charge is 0.251 e. The van der Waals surface area contributed by atoms with Gasteiger partial charge >= 0.3 is 0 Å². The number of nitrogens with zero attached hydrogens (tertiary/aromatic N) is 6. The summed E-state index contributed by atoms with van der Waals surface area (Å²) in [5.74, 6) is -0.415. The topological polar surface area (TPSA) is 90.5 Å². The van der Waals surface area contributed by atoms with Crippen molar-refractivity contribution in [3.8, 4) is 5.69 Å². The number of nitrogens with one attached hydrogen (secondary N) is 1. The molecule has 4 aromatic rings. The summed E-state index contributed by atoms with van der Waals surface area (Å²) in [5.41, 5.74) is 4.41. The quantitative estimate of drug-likeness (QED) is 0.508. The molecule has 0 fully saturated rings. The molecule has 1 atom stereocenters. The summed E-state index contributed by atoms with van der Waals surface area (Å²) in [5, 5.41) is 18.9. The Bertz CT molecular complexity index is 1260. The van der Waals surface area contributed by atoms with Crippen LogP contribution in [0.2, 0.25) is 0 Å². The highest BCUT2D eigenvalue weighted by Gasteiger charge is 2.36. The minimum atomic E-state index is -0.283. The number of benzene rings is 2. The maximum Gasteiger partial charge on any atom is 0.251 e. The molecular formula is C24H24FN7O. The molecule has 1 unspecified atom stereocenters. The first-order valence-corrected chi connectivity index (χ1v) is 10.8. The Kier molecular flexibility index (Phi) is 5.24.